The Morgan fingerprint density at radius 2 is 1.92 bits per heavy atom. The van der Waals surface area contributed by atoms with Gasteiger partial charge in [0.15, 0.2) is 0 Å². The molecule has 1 aromatic carbocycles. The molecular weight excluding hydrogens is 150 g/mol. The van der Waals surface area contributed by atoms with Crippen LogP contribution in [0.4, 0.5) is 0 Å². The van der Waals surface area contributed by atoms with Crippen molar-refractivity contribution in [1.82, 2.24) is 0 Å². The average Bonchev–Trinajstić information content (AvgIpc) is 2.53. The van der Waals surface area contributed by atoms with Crippen molar-refractivity contribution < 1.29 is 4.74 Å². The monoisotopic (exact) mass is 163 g/mol. The fourth-order valence-corrected chi connectivity index (χ4v) is 1.61. The molecule has 2 atom stereocenters. The van der Waals surface area contributed by atoms with E-state index in [0.717, 1.165) is 6.61 Å². The van der Waals surface area contributed by atoms with Gasteiger partial charge in [-0.1, -0.05) is 30.3 Å². The summed E-state index contributed by atoms with van der Waals surface area (Å²) in [6.45, 7) is 1.46. The molecule has 0 unspecified atom stereocenters. The molecule has 0 bridgehead atoms. The molecule has 12 heavy (non-hydrogen) atoms. The van der Waals surface area contributed by atoms with Crippen molar-refractivity contribution in [3.05, 3.63) is 35.9 Å². The van der Waals surface area contributed by atoms with Gasteiger partial charge in [-0.15, -0.1) is 0 Å². The number of benzene rings is 1. The van der Waals surface area contributed by atoms with E-state index in [9.17, 15) is 0 Å². The summed E-state index contributed by atoms with van der Waals surface area (Å²) in [5, 5.41) is 0. The molecule has 0 spiro atoms. The Labute approximate surface area is 72.3 Å². The molecule has 0 radical (unpaired) electrons. The van der Waals surface area contributed by atoms with Crippen LogP contribution in [-0.2, 0) is 4.74 Å². The molecule has 1 fully saturated rings. The van der Waals surface area contributed by atoms with Crippen molar-refractivity contribution in [2.75, 3.05) is 13.2 Å². The van der Waals surface area contributed by atoms with E-state index < -0.39 is 0 Å². The lowest BCUT2D eigenvalue weighted by Gasteiger charge is -2.12. The average molecular weight is 163 g/mol. The van der Waals surface area contributed by atoms with E-state index in [0.29, 0.717) is 12.5 Å². The third-order valence-corrected chi connectivity index (χ3v) is 2.35. The summed E-state index contributed by atoms with van der Waals surface area (Å²) >= 11 is 0. The van der Waals surface area contributed by atoms with Gasteiger partial charge in [0.2, 0.25) is 0 Å². The lowest BCUT2D eigenvalue weighted by Crippen LogP contribution is -2.26. The molecule has 1 aliphatic rings. The van der Waals surface area contributed by atoms with E-state index in [4.69, 9.17) is 10.5 Å². The van der Waals surface area contributed by atoms with Crippen molar-refractivity contribution in [3.8, 4) is 0 Å². The zero-order valence-corrected chi connectivity index (χ0v) is 6.94. The van der Waals surface area contributed by atoms with Crippen LogP contribution in [0.5, 0.6) is 0 Å². The topological polar surface area (TPSA) is 35.2 Å². The van der Waals surface area contributed by atoms with Gasteiger partial charge in [0, 0.05) is 12.0 Å². The third kappa shape index (κ3) is 1.36. The van der Waals surface area contributed by atoms with Crippen LogP contribution in [0.15, 0.2) is 30.3 Å². The SMILES string of the molecule is N[C@@H]1COC[C@H]1c1ccccc1. The second-order valence-corrected chi connectivity index (χ2v) is 3.22. The summed E-state index contributed by atoms with van der Waals surface area (Å²) < 4.78 is 5.30. The third-order valence-electron chi connectivity index (χ3n) is 2.35. The van der Waals surface area contributed by atoms with Crippen molar-refractivity contribution >= 4 is 0 Å². The van der Waals surface area contributed by atoms with Crippen LogP contribution in [0.2, 0.25) is 0 Å². The maximum absolute atomic E-state index is 5.89. The predicted octanol–water partition coefficient (Wildman–Crippen LogP) is 1.13. The Bertz CT molecular complexity index is 247. The van der Waals surface area contributed by atoms with Crippen LogP contribution in [-0.4, -0.2) is 19.3 Å². The van der Waals surface area contributed by atoms with E-state index in [-0.39, 0.29) is 6.04 Å². The molecule has 0 aromatic heterocycles. The van der Waals surface area contributed by atoms with Gasteiger partial charge in [-0.05, 0) is 5.56 Å². The normalized spacial score (nSPS) is 29.1. The van der Waals surface area contributed by atoms with Crippen LogP contribution in [0.3, 0.4) is 0 Å². The molecule has 1 aliphatic heterocycles. The fraction of sp³-hybridized carbons (Fsp3) is 0.400. The Morgan fingerprint density at radius 1 is 1.17 bits per heavy atom. The van der Waals surface area contributed by atoms with E-state index in [1.807, 2.05) is 18.2 Å². The number of ether oxygens (including phenoxy) is 1. The maximum atomic E-state index is 5.89. The molecule has 2 N–H and O–H groups in total. The molecule has 0 aliphatic carbocycles. The van der Waals surface area contributed by atoms with Gasteiger partial charge < -0.3 is 10.5 Å². The molecule has 2 heteroatoms. The Kier molecular flexibility index (Phi) is 2.11. The van der Waals surface area contributed by atoms with E-state index >= 15 is 0 Å². The summed E-state index contributed by atoms with van der Waals surface area (Å²) in [5.74, 6) is 0.395. The highest BCUT2D eigenvalue weighted by Crippen LogP contribution is 2.23. The highest BCUT2D eigenvalue weighted by molar-refractivity contribution is 5.22. The van der Waals surface area contributed by atoms with Crippen LogP contribution in [0.25, 0.3) is 0 Å². The summed E-state index contributed by atoms with van der Waals surface area (Å²) in [4.78, 5) is 0. The first-order valence-electron chi connectivity index (χ1n) is 4.26. The largest absolute Gasteiger partial charge is 0.379 e. The quantitative estimate of drug-likeness (QED) is 0.673. The highest BCUT2D eigenvalue weighted by Gasteiger charge is 2.25. The fourth-order valence-electron chi connectivity index (χ4n) is 1.61. The van der Waals surface area contributed by atoms with Gasteiger partial charge in [-0.2, -0.15) is 0 Å². The van der Waals surface area contributed by atoms with Gasteiger partial charge in [0.25, 0.3) is 0 Å². The second-order valence-electron chi connectivity index (χ2n) is 3.22. The molecule has 2 rings (SSSR count). The summed E-state index contributed by atoms with van der Waals surface area (Å²) in [6.07, 6.45) is 0. The maximum Gasteiger partial charge on any atom is 0.0624 e. The van der Waals surface area contributed by atoms with E-state index in [1.54, 1.807) is 0 Å². The van der Waals surface area contributed by atoms with Crippen molar-refractivity contribution in [2.24, 2.45) is 5.73 Å². The minimum Gasteiger partial charge on any atom is -0.379 e. The first-order valence-corrected chi connectivity index (χ1v) is 4.26. The van der Waals surface area contributed by atoms with Crippen LogP contribution >= 0.6 is 0 Å². The second kappa shape index (κ2) is 3.25. The Morgan fingerprint density at radius 3 is 2.50 bits per heavy atom. The zero-order chi connectivity index (χ0) is 8.39. The van der Waals surface area contributed by atoms with Gasteiger partial charge in [0.05, 0.1) is 13.2 Å². The van der Waals surface area contributed by atoms with Crippen molar-refractivity contribution in [1.29, 1.82) is 0 Å². The molecule has 1 aromatic rings. The van der Waals surface area contributed by atoms with Gasteiger partial charge in [-0.25, -0.2) is 0 Å². The van der Waals surface area contributed by atoms with Gasteiger partial charge in [0.1, 0.15) is 0 Å². The van der Waals surface area contributed by atoms with E-state index in [1.165, 1.54) is 5.56 Å². The molecule has 1 heterocycles. The smallest absolute Gasteiger partial charge is 0.0624 e. The van der Waals surface area contributed by atoms with Crippen molar-refractivity contribution in [2.45, 2.75) is 12.0 Å². The molecule has 1 saturated heterocycles. The molecular formula is C10H13NO. The number of nitrogens with two attached hydrogens (primary N) is 1. The Hall–Kier alpha value is -0.860. The predicted molar refractivity (Wildman–Crippen MR) is 48.0 cm³/mol. The molecule has 0 amide bonds. The van der Waals surface area contributed by atoms with Crippen LogP contribution in [0.1, 0.15) is 11.5 Å². The molecule has 0 saturated carbocycles. The first-order chi connectivity index (χ1) is 5.88. The van der Waals surface area contributed by atoms with Crippen LogP contribution in [0, 0.1) is 0 Å². The number of hydrogen-bond donors (Lipinski definition) is 1. The summed E-state index contributed by atoms with van der Waals surface area (Å²) in [7, 11) is 0. The van der Waals surface area contributed by atoms with Crippen LogP contribution < -0.4 is 5.73 Å². The lowest BCUT2D eigenvalue weighted by molar-refractivity contribution is 0.191. The minimum absolute atomic E-state index is 0.174. The number of hydrogen-bond acceptors (Lipinski definition) is 2. The van der Waals surface area contributed by atoms with Gasteiger partial charge in [-0.3, -0.25) is 0 Å². The molecule has 64 valence electrons. The summed E-state index contributed by atoms with van der Waals surface area (Å²) in [5.41, 5.74) is 7.18. The molecule has 2 nitrogen and oxygen atoms in total. The zero-order valence-electron chi connectivity index (χ0n) is 6.94. The van der Waals surface area contributed by atoms with Gasteiger partial charge >= 0.3 is 0 Å². The summed E-state index contributed by atoms with van der Waals surface area (Å²) in [6, 6.07) is 10.5. The Balaban J connectivity index is 2.19. The van der Waals surface area contributed by atoms with E-state index in [2.05, 4.69) is 12.1 Å². The first kappa shape index (κ1) is 7.77. The number of rotatable bonds is 1. The lowest BCUT2D eigenvalue weighted by atomic mass is 9.95. The van der Waals surface area contributed by atoms with Crippen molar-refractivity contribution in [3.63, 3.8) is 0 Å². The highest BCUT2D eigenvalue weighted by atomic mass is 16.5. The standard InChI is InChI=1S/C10H13NO/c11-10-7-12-6-9(10)8-4-2-1-3-5-8/h1-5,9-10H,6-7,11H2/t9-,10+/m0/s1. The minimum atomic E-state index is 0.174.